The number of amides is 4. The van der Waals surface area contributed by atoms with Crippen molar-refractivity contribution in [2.24, 2.45) is 0 Å². The van der Waals surface area contributed by atoms with Gasteiger partial charge in [0.1, 0.15) is 23.0 Å². The molecule has 6 aromatic carbocycles. The Bertz CT molecular complexity index is 2480. The minimum absolute atomic E-state index is 0.0389. The van der Waals surface area contributed by atoms with E-state index in [1.165, 1.54) is 72.8 Å². The molecule has 6 aromatic rings. The topological polar surface area (TPSA) is 168 Å². The summed E-state index contributed by atoms with van der Waals surface area (Å²) in [7, 11) is 0. The number of imide groups is 2. The predicted octanol–water partition coefficient (Wildman–Crippen LogP) is 8.59. The fourth-order valence-corrected chi connectivity index (χ4v) is 6.86. The Kier molecular flexibility index (Phi) is 8.73. The minimum atomic E-state index is -1.11. The van der Waals surface area contributed by atoms with Crippen LogP contribution in [0.25, 0.3) is 0 Å². The number of ether oxygens (including phenoxy) is 2. The Labute approximate surface area is 324 Å². The van der Waals surface area contributed by atoms with Gasteiger partial charge in [-0.05, 0) is 120 Å². The van der Waals surface area contributed by atoms with Crippen LogP contribution in [0.2, 0.25) is 0 Å². The van der Waals surface area contributed by atoms with Crippen molar-refractivity contribution in [2.45, 2.75) is 19.3 Å². The Morgan fingerprint density at radius 1 is 0.439 bits per heavy atom. The van der Waals surface area contributed by atoms with Crippen molar-refractivity contribution in [3.63, 3.8) is 0 Å². The molecule has 0 spiro atoms. The van der Waals surface area contributed by atoms with Gasteiger partial charge in [-0.15, -0.1) is 0 Å². The number of nitrogens with zero attached hydrogens (tertiary/aromatic N) is 2. The summed E-state index contributed by atoms with van der Waals surface area (Å²) in [6.45, 7) is 4.15. The van der Waals surface area contributed by atoms with E-state index in [1.54, 1.807) is 12.1 Å². The molecule has 0 saturated carbocycles. The molecule has 0 fully saturated rings. The zero-order valence-electron chi connectivity index (χ0n) is 30.3. The molecule has 57 heavy (non-hydrogen) atoms. The number of carboxylic acids is 2. The van der Waals surface area contributed by atoms with Crippen LogP contribution in [0.3, 0.4) is 0 Å². The Morgan fingerprint density at radius 2 is 0.754 bits per heavy atom. The number of carbonyl (C=O) groups excluding carboxylic acids is 4. The molecule has 0 aliphatic carbocycles. The maximum Gasteiger partial charge on any atom is 0.335 e. The van der Waals surface area contributed by atoms with E-state index in [0.717, 1.165) is 20.9 Å². The highest BCUT2D eigenvalue weighted by Crippen LogP contribution is 2.37. The molecule has 0 radical (unpaired) electrons. The highest BCUT2D eigenvalue weighted by Gasteiger charge is 2.38. The van der Waals surface area contributed by atoms with E-state index in [4.69, 9.17) is 9.47 Å². The summed E-state index contributed by atoms with van der Waals surface area (Å²) >= 11 is 0. The van der Waals surface area contributed by atoms with Crippen molar-refractivity contribution in [1.29, 1.82) is 0 Å². The van der Waals surface area contributed by atoms with Crippen molar-refractivity contribution in [1.82, 2.24) is 0 Å². The number of carbonyl (C=O) groups is 6. The fourth-order valence-electron chi connectivity index (χ4n) is 6.86. The number of rotatable bonds is 10. The second-order valence-corrected chi connectivity index (χ2v) is 13.9. The summed E-state index contributed by atoms with van der Waals surface area (Å²) in [4.78, 5) is 77.2. The molecule has 12 nitrogen and oxygen atoms in total. The molecule has 0 unspecified atom stereocenters. The first-order valence-electron chi connectivity index (χ1n) is 17.6. The summed E-state index contributed by atoms with van der Waals surface area (Å²) in [6.07, 6.45) is 0. The Balaban J connectivity index is 0.924. The summed E-state index contributed by atoms with van der Waals surface area (Å²) in [5.41, 5.74) is 2.96. The number of aromatic carboxylic acids is 2. The van der Waals surface area contributed by atoms with E-state index < -0.39 is 41.0 Å². The second kappa shape index (κ2) is 13.8. The van der Waals surface area contributed by atoms with E-state index in [9.17, 15) is 39.0 Å². The van der Waals surface area contributed by atoms with Crippen LogP contribution in [0.1, 0.15) is 87.1 Å². The van der Waals surface area contributed by atoms with Crippen LogP contribution in [0.4, 0.5) is 11.4 Å². The molecule has 8 rings (SSSR count). The number of fused-ring (bicyclic) bond motifs is 2. The molecule has 2 aliphatic heterocycles. The first-order valence-corrected chi connectivity index (χ1v) is 17.6. The van der Waals surface area contributed by atoms with Gasteiger partial charge in [-0.3, -0.25) is 19.2 Å². The lowest BCUT2D eigenvalue weighted by molar-refractivity contribution is 0.0686. The molecule has 0 bridgehead atoms. The molecule has 0 saturated heterocycles. The molecule has 2 heterocycles. The average molecular weight is 759 g/mol. The molecule has 0 aromatic heterocycles. The van der Waals surface area contributed by atoms with E-state index >= 15 is 0 Å². The van der Waals surface area contributed by atoms with Crippen LogP contribution in [0.5, 0.6) is 23.0 Å². The smallest absolute Gasteiger partial charge is 0.335 e. The zero-order valence-corrected chi connectivity index (χ0v) is 30.3. The maximum atomic E-state index is 13.3. The van der Waals surface area contributed by atoms with Gasteiger partial charge in [0.2, 0.25) is 0 Å². The largest absolute Gasteiger partial charge is 0.478 e. The van der Waals surface area contributed by atoms with Gasteiger partial charge in [0, 0.05) is 5.41 Å². The van der Waals surface area contributed by atoms with Crippen molar-refractivity contribution in [2.75, 3.05) is 9.80 Å². The third-order valence-corrected chi connectivity index (χ3v) is 10.1. The molecular formula is C45H30N2O10. The van der Waals surface area contributed by atoms with Gasteiger partial charge in [0.25, 0.3) is 23.6 Å². The van der Waals surface area contributed by atoms with E-state index in [1.807, 2.05) is 48.5 Å². The fraction of sp³-hybridized carbons (Fsp3) is 0.0667. The zero-order chi connectivity index (χ0) is 40.2. The van der Waals surface area contributed by atoms with Gasteiger partial charge < -0.3 is 19.7 Å². The summed E-state index contributed by atoms with van der Waals surface area (Å²) in [5.74, 6) is -2.55. The van der Waals surface area contributed by atoms with Crippen LogP contribution in [0.15, 0.2) is 133 Å². The van der Waals surface area contributed by atoms with Gasteiger partial charge >= 0.3 is 11.9 Å². The molecule has 12 heteroatoms. The van der Waals surface area contributed by atoms with Crippen molar-refractivity contribution >= 4 is 46.9 Å². The number of anilines is 2. The van der Waals surface area contributed by atoms with Crippen LogP contribution in [-0.2, 0) is 5.41 Å². The van der Waals surface area contributed by atoms with Gasteiger partial charge in [0.15, 0.2) is 0 Å². The van der Waals surface area contributed by atoms with Crippen molar-refractivity contribution in [3.8, 4) is 23.0 Å². The van der Waals surface area contributed by atoms with Crippen LogP contribution < -0.4 is 19.3 Å². The van der Waals surface area contributed by atoms with Gasteiger partial charge in [-0.1, -0.05) is 38.1 Å². The molecule has 0 atom stereocenters. The van der Waals surface area contributed by atoms with E-state index in [-0.39, 0.29) is 44.8 Å². The number of hydrogen-bond acceptors (Lipinski definition) is 8. The van der Waals surface area contributed by atoms with Gasteiger partial charge in [-0.25, -0.2) is 19.4 Å². The highest BCUT2D eigenvalue weighted by molar-refractivity contribution is 6.35. The van der Waals surface area contributed by atoms with E-state index in [2.05, 4.69) is 13.8 Å². The van der Waals surface area contributed by atoms with Gasteiger partial charge in [0.05, 0.1) is 44.8 Å². The van der Waals surface area contributed by atoms with Gasteiger partial charge in [-0.2, -0.15) is 0 Å². The minimum Gasteiger partial charge on any atom is -0.478 e. The first-order chi connectivity index (χ1) is 27.3. The average Bonchev–Trinajstić information content (AvgIpc) is 3.61. The normalized spacial score (nSPS) is 13.4. The van der Waals surface area contributed by atoms with Crippen LogP contribution >= 0.6 is 0 Å². The number of benzene rings is 6. The number of hydrogen-bond donors (Lipinski definition) is 2. The monoisotopic (exact) mass is 758 g/mol. The third-order valence-electron chi connectivity index (χ3n) is 10.1. The maximum absolute atomic E-state index is 13.3. The number of carboxylic acid groups (broad SMARTS) is 2. The molecule has 280 valence electrons. The Morgan fingerprint density at radius 3 is 1.09 bits per heavy atom. The van der Waals surface area contributed by atoms with Crippen LogP contribution in [-0.4, -0.2) is 45.8 Å². The molecule has 2 N–H and O–H groups in total. The standard InChI is InChI=1S/C45H30N2O10/c1-45(2,27-7-15-31(16-8-27)56-33-19-21-35-37(23-33)41(50)46(39(35)48)29-11-3-25(4-12-29)43(52)53)28-9-17-32(18-10-28)57-34-20-22-36-38(24-34)42(51)47(40(36)49)30-13-5-26(6-14-30)44(54)55/h3-24H,1-2H3,(H,52,53)(H,54,55). The summed E-state index contributed by atoms with van der Waals surface area (Å²) < 4.78 is 12.1. The van der Waals surface area contributed by atoms with Crippen LogP contribution in [0, 0.1) is 0 Å². The molecule has 4 amide bonds. The lowest BCUT2D eigenvalue weighted by Crippen LogP contribution is -2.29. The SMILES string of the molecule is CC(C)(c1ccc(Oc2ccc3c(c2)C(=O)N(c2ccc(C(=O)O)cc2)C3=O)cc1)c1ccc(Oc2ccc3c(c2)C(=O)N(c2ccc(C(=O)O)cc2)C3=O)cc1. The predicted molar refractivity (Wildman–Crippen MR) is 207 cm³/mol. The lowest BCUT2D eigenvalue weighted by Gasteiger charge is -2.26. The quantitative estimate of drug-likeness (QED) is 0.129. The second-order valence-electron chi connectivity index (χ2n) is 13.9. The third kappa shape index (κ3) is 6.44. The lowest BCUT2D eigenvalue weighted by atomic mass is 9.78. The van der Waals surface area contributed by atoms with E-state index in [0.29, 0.717) is 23.0 Å². The molecular weight excluding hydrogens is 728 g/mol. The molecule has 2 aliphatic rings. The highest BCUT2D eigenvalue weighted by atomic mass is 16.5. The Hall–Kier alpha value is -7.86. The summed E-state index contributed by atoms with van der Waals surface area (Å²) in [6, 6.07) is 35.4. The van der Waals surface area contributed by atoms with Crippen molar-refractivity contribution < 1.29 is 48.5 Å². The first kappa shape index (κ1) is 36.1. The summed E-state index contributed by atoms with van der Waals surface area (Å²) in [5, 5.41) is 18.4. The van der Waals surface area contributed by atoms with Crippen molar-refractivity contribution in [3.05, 3.63) is 178 Å².